The Kier molecular flexibility index (Phi) is 2.73. The van der Waals surface area contributed by atoms with E-state index in [0.29, 0.717) is 12.0 Å². The second kappa shape index (κ2) is 4.59. The second-order valence-corrected chi connectivity index (χ2v) is 5.76. The molecule has 0 bridgehead atoms. The summed E-state index contributed by atoms with van der Waals surface area (Å²) >= 11 is 0. The standard InChI is InChI=1S/C15H18N4O/c20-9-10-7-19(8-10)15-14(16-11-5-6-11)17-12-3-1-2-4-13(12)18-15/h1-4,10-11,20H,5-9H2,(H,16,17). The Morgan fingerprint density at radius 2 is 1.85 bits per heavy atom. The molecule has 1 saturated heterocycles. The van der Waals surface area contributed by atoms with Crippen molar-refractivity contribution in [2.24, 2.45) is 5.92 Å². The lowest BCUT2D eigenvalue weighted by atomic mass is 10.0. The lowest BCUT2D eigenvalue weighted by Crippen LogP contribution is -2.49. The predicted octanol–water partition coefficient (Wildman–Crippen LogP) is 1.63. The summed E-state index contributed by atoms with van der Waals surface area (Å²) in [6.07, 6.45) is 2.43. The van der Waals surface area contributed by atoms with Crippen molar-refractivity contribution in [1.29, 1.82) is 0 Å². The van der Waals surface area contributed by atoms with Crippen LogP contribution in [0, 0.1) is 5.92 Å². The van der Waals surface area contributed by atoms with E-state index >= 15 is 0 Å². The quantitative estimate of drug-likeness (QED) is 0.884. The zero-order valence-corrected chi connectivity index (χ0v) is 11.3. The van der Waals surface area contributed by atoms with Crippen molar-refractivity contribution in [3.8, 4) is 0 Å². The number of hydrogen-bond donors (Lipinski definition) is 2. The van der Waals surface area contributed by atoms with E-state index in [1.54, 1.807) is 0 Å². The van der Waals surface area contributed by atoms with Gasteiger partial charge in [0.15, 0.2) is 11.6 Å². The average Bonchev–Trinajstić information content (AvgIpc) is 3.22. The topological polar surface area (TPSA) is 61.3 Å². The van der Waals surface area contributed by atoms with E-state index in [4.69, 9.17) is 15.1 Å². The van der Waals surface area contributed by atoms with Crippen LogP contribution in [0.2, 0.25) is 0 Å². The van der Waals surface area contributed by atoms with Crippen molar-refractivity contribution in [2.75, 3.05) is 29.9 Å². The van der Waals surface area contributed by atoms with Gasteiger partial charge in [0.25, 0.3) is 0 Å². The molecule has 2 N–H and O–H groups in total. The Bertz CT molecular complexity index is 635. The maximum atomic E-state index is 9.17. The highest BCUT2D eigenvalue weighted by molar-refractivity contribution is 5.81. The molecule has 0 amide bonds. The number of aliphatic hydroxyl groups excluding tert-OH is 1. The highest BCUT2D eigenvalue weighted by Gasteiger charge is 2.31. The van der Waals surface area contributed by atoms with Crippen molar-refractivity contribution >= 4 is 22.7 Å². The third kappa shape index (κ3) is 2.08. The first-order valence-corrected chi connectivity index (χ1v) is 7.22. The van der Waals surface area contributed by atoms with Gasteiger partial charge in [-0.3, -0.25) is 0 Å². The minimum atomic E-state index is 0.253. The number of aliphatic hydroxyl groups is 1. The summed E-state index contributed by atoms with van der Waals surface area (Å²) in [4.78, 5) is 11.7. The van der Waals surface area contributed by atoms with Crippen molar-refractivity contribution < 1.29 is 5.11 Å². The molecule has 2 aromatic rings. The molecule has 1 aromatic carbocycles. The summed E-state index contributed by atoms with van der Waals surface area (Å²) in [7, 11) is 0. The summed E-state index contributed by atoms with van der Waals surface area (Å²) in [5, 5.41) is 12.6. The largest absolute Gasteiger partial charge is 0.396 e. The summed E-state index contributed by atoms with van der Waals surface area (Å²) in [6.45, 7) is 1.98. The van der Waals surface area contributed by atoms with Crippen LogP contribution < -0.4 is 10.2 Å². The smallest absolute Gasteiger partial charge is 0.172 e. The van der Waals surface area contributed by atoms with Gasteiger partial charge in [0.05, 0.1) is 11.0 Å². The van der Waals surface area contributed by atoms with Gasteiger partial charge in [0, 0.05) is 31.7 Å². The Morgan fingerprint density at radius 3 is 2.50 bits per heavy atom. The van der Waals surface area contributed by atoms with Crippen molar-refractivity contribution in [3.05, 3.63) is 24.3 Å². The first kappa shape index (κ1) is 11.9. The molecule has 1 aliphatic heterocycles. The van der Waals surface area contributed by atoms with Crippen LogP contribution in [0.4, 0.5) is 11.6 Å². The molecule has 20 heavy (non-hydrogen) atoms. The predicted molar refractivity (Wildman–Crippen MR) is 79.0 cm³/mol. The van der Waals surface area contributed by atoms with E-state index in [1.165, 1.54) is 12.8 Å². The lowest BCUT2D eigenvalue weighted by Gasteiger charge is -2.39. The highest BCUT2D eigenvalue weighted by Crippen LogP contribution is 2.33. The van der Waals surface area contributed by atoms with Gasteiger partial charge in [-0.1, -0.05) is 12.1 Å². The first-order valence-electron chi connectivity index (χ1n) is 7.22. The van der Waals surface area contributed by atoms with Gasteiger partial charge >= 0.3 is 0 Å². The van der Waals surface area contributed by atoms with Crippen molar-refractivity contribution in [3.63, 3.8) is 0 Å². The third-order valence-electron chi connectivity index (χ3n) is 3.99. The van der Waals surface area contributed by atoms with Crippen LogP contribution in [-0.4, -0.2) is 40.8 Å². The molecule has 104 valence electrons. The van der Waals surface area contributed by atoms with Gasteiger partial charge in [0.2, 0.25) is 0 Å². The fraction of sp³-hybridized carbons (Fsp3) is 0.467. The number of nitrogens with zero attached hydrogens (tertiary/aromatic N) is 3. The van der Waals surface area contributed by atoms with Gasteiger partial charge in [0.1, 0.15) is 0 Å². The molecule has 1 aromatic heterocycles. The maximum absolute atomic E-state index is 9.17. The molecule has 5 heteroatoms. The first-order chi connectivity index (χ1) is 9.83. The van der Waals surface area contributed by atoms with Gasteiger partial charge in [-0.05, 0) is 25.0 Å². The second-order valence-electron chi connectivity index (χ2n) is 5.76. The summed E-state index contributed by atoms with van der Waals surface area (Å²) < 4.78 is 0. The molecule has 0 atom stereocenters. The molecule has 1 saturated carbocycles. The molecular weight excluding hydrogens is 252 g/mol. The number of hydrogen-bond acceptors (Lipinski definition) is 5. The number of anilines is 2. The maximum Gasteiger partial charge on any atom is 0.172 e. The Hall–Kier alpha value is -1.88. The minimum absolute atomic E-state index is 0.253. The Morgan fingerprint density at radius 1 is 1.15 bits per heavy atom. The van der Waals surface area contributed by atoms with Gasteiger partial charge in [-0.25, -0.2) is 9.97 Å². The summed E-state index contributed by atoms with van der Waals surface area (Å²) in [5.41, 5.74) is 1.86. The number of para-hydroxylation sites is 2. The molecule has 1 aliphatic carbocycles. The number of fused-ring (bicyclic) bond motifs is 1. The van der Waals surface area contributed by atoms with E-state index in [1.807, 2.05) is 24.3 Å². The van der Waals surface area contributed by atoms with E-state index in [2.05, 4.69) is 10.2 Å². The van der Waals surface area contributed by atoms with Gasteiger partial charge in [-0.15, -0.1) is 0 Å². The number of nitrogens with one attached hydrogen (secondary N) is 1. The van der Waals surface area contributed by atoms with E-state index in [0.717, 1.165) is 35.8 Å². The van der Waals surface area contributed by atoms with Crippen molar-refractivity contribution in [2.45, 2.75) is 18.9 Å². The summed E-state index contributed by atoms with van der Waals surface area (Å²) in [5.74, 6) is 2.19. The van der Waals surface area contributed by atoms with E-state index in [-0.39, 0.29) is 6.61 Å². The van der Waals surface area contributed by atoms with Crippen LogP contribution in [-0.2, 0) is 0 Å². The molecule has 2 fully saturated rings. The van der Waals surface area contributed by atoms with Gasteiger partial charge < -0.3 is 15.3 Å². The number of rotatable bonds is 4. The zero-order chi connectivity index (χ0) is 13.5. The Labute approximate surface area is 117 Å². The average molecular weight is 270 g/mol. The molecule has 2 aliphatic rings. The number of aromatic nitrogens is 2. The molecule has 4 rings (SSSR count). The van der Waals surface area contributed by atoms with Crippen LogP contribution in [0.15, 0.2) is 24.3 Å². The summed E-state index contributed by atoms with van der Waals surface area (Å²) in [6, 6.07) is 8.52. The third-order valence-corrected chi connectivity index (χ3v) is 3.99. The van der Waals surface area contributed by atoms with E-state index in [9.17, 15) is 0 Å². The fourth-order valence-electron chi connectivity index (χ4n) is 2.59. The minimum Gasteiger partial charge on any atom is -0.396 e. The van der Waals surface area contributed by atoms with Gasteiger partial charge in [-0.2, -0.15) is 0 Å². The normalized spacial score (nSPS) is 19.1. The SMILES string of the molecule is OCC1CN(c2nc3ccccc3nc2NC2CC2)C1. The number of benzene rings is 1. The molecule has 0 radical (unpaired) electrons. The molecule has 0 spiro atoms. The van der Waals surface area contributed by atoms with Crippen LogP contribution in [0.25, 0.3) is 11.0 Å². The zero-order valence-electron chi connectivity index (χ0n) is 11.3. The van der Waals surface area contributed by atoms with Crippen LogP contribution in [0.3, 0.4) is 0 Å². The molecular formula is C15H18N4O. The van der Waals surface area contributed by atoms with Crippen molar-refractivity contribution in [1.82, 2.24) is 9.97 Å². The molecule has 5 nitrogen and oxygen atoms in total. The van der Waals surface area contributed by atoms with Crippen LogP contribution in [0.5, 0.6) is 0 Å². The lowest BCUT2D eigenvalue weighted by molar-refractivity contribution is 0.200. The van der Waals surface area contributed by atoms with Crippen LogP contribution >= 0.6 is 0 Å². The van der Waals surface area contributed by atoms with Crippen LogP contribution in [0.1, 0.15) is 12.8 Å². The molecule has 0 unspecified atom stereocenters. The monoisotopic (exact) mass is 270 g/mol. The Balaban J connectivity index is 1.71. The molecule has 2 heterocycles. The fourth-order valence-corrected chi connectivity index (χ4v) is 2.59. The highest BCUT2D eigenvalue weighted by atomic mass is 16.3. The van der Waals surface area contributed by atoms with E-state index < -0.39 is 0 Å².